The fourth-order valence-corrected chi connectivity index (χ4v) is 2.75. The number of pyridine rings is 1. The fraction of sp³-hybridized carbons (Fsp3) is 0.250. The van der Waals surface area contributed by atoms with Crippen molar-refractivity contribution in [2.75, 3.05) is 0 Å². The van der Waals surface area contributed by atoms with Crippen LogP contribution < -0.4 is 4.74 Å². The molecule has 0 bridgehead atoms. The fourth-order valence-electron chi connectivity index (χ4n) is 2.29. The van der Waals surface area contributed by atoms with E-state index >= 15 is 0 Å². The molecule has 0 N–H and O–H groups in total. The molecule has 6 heteroatoms. The number of aromatic nitrogens is 3. The van der Waals surface area contributed by atoms with Gasteiger partial charge >= 0.3 is 0 Å². The van der Waals surface area contributed by atoms with Gasteiger partial charge in [-0.3, -0.25) is 0 Å². The zero-order valence-corrected chi connectivity index (χ0v) is 13.6. The summed E-state index contributed by atoms with van der Waals surface area (Å²) in [4.78, 5) is 8.71. The Hall–Kier alpha value is -1.78. The van der Waals surface area contributed by atoms with E-state index in [1.54, 1.807) is 18.3 Å². The van der Waals surface area contributed by atoms with Gasteiger partial charge in [0, 0.05) is 28.4 Å². The minimum Gasteiger partial charge on any atom is -0.471 e. The minimum atomic E-state index is 0.333. The van der Waals surface area contributed by atoms with Crippen LogP contribution in [0, 0.1) is 0 Å². The quantitative estimate of drug-likeness (QED) is 0.676. The molecule has 3 aromatic rings. The average Bonchev–Trinajstić information content (AvgIpc) is 2.91. The van der Waals surface area contributed by atoms with Crippen molar-refractivity contribution in [3.05, 3.63) is 52.4 Å². The van der Waals surface area contributed by atoms with Crippen LogP contribution >= 0.6 is 23.2 Å². The number of hydrogen-bond donors (Lipinski definition) is 0. The monoisotopic (exact) mass is 335 g/mol. The molecule has 0 aliphatic rings. The Kier molecular flexibility index (Phi) is 4.50. The molecule has 0 aliphatic heterocycles. The zero-order chi connectivity index (χ0) is 15.5. The van der Waals surface area contributed by atoms with Crippen molar-refractivity contribution in [1.29, 1.82) is 0 Å². The van der Waals surface area contributed by atoms with Crippen LogP contribution in [0.2, 0.25) is 10.0 Å². The van der Waals surface area contributed by atoms with Gasteiger partial charge in [0.25, 0.3) is 0 Å². The van der Waals surface area contributed by atoms with Crippen LogP contribution in [0.1, 0.15) is 18.9 Å². The van der Waals surface area contributed by atoms with E-state index in [0.29, 0.717) is 22.5 Å². The summed E-state index contributed by atoms with van der Waals surface area (Å²) in [5.41, 5.74) is 2.65. The van der Waals surface area contributed by atoms with Gasteiger partial charge in [-0.1, -0.05) is 36.2 Å². The Morgan fingerprint density at radius 2 is 2.05 bits per heavy atom. The Labute approximate surface area is 138 Å². The van der Waals surface area contributed by atoms with Crippen molar-refractivity contribution in [3.63, 3.8) is 0 Å². The number of ether oxygens (including phenoxy) is 1. The largest absolute Gasteiger partial charge is 0.471 e. The first kappa shape index (κ1) is 15.1. The van der Waals surface area contributed by atoms with Gasteiger partial charge < -0.3 is 9.30 Å². The third-order valence-electron chi connectivity index (χ3n) is 3.34. The second-order valence-corrected chi connectivity index (χ2v) is 5.79. The second-order valence-electron chi connectivity index (χ2n) is 4.95. The van der Waals surface area contributed by atoms with Gasteiger partial charge in [0.05, 0.1) is 11.8 Å². The molecule has 0 radical (unpaired) electrons. The highest BCUT2D eigenvalue weighted by atomic mass is 35.5. The van der Waals surface area contributed by atoms with Gasteiger partial charge in [0.15, 0.2) is 0 Å². The molecule has 2 heterocycles. The maximum atomic E-state index is 6.17. The zero-order valence-electron chi connectivity index (χ0n) is 12.1. The smallest absolute Gasteiger partial charge is 0.240 e. The highest BCUT2D eigenvalue weighted by Gasteiger charge is 2.11. The predicted octanol–water partition coefficient (Wildman–Crippen LogP) is 4.73. The van der Waals surface area contributed by atoms with E-state index in [-0.39, 0.29) is 0 Å². The number of nitrogens with zero attached hydrogens (tertiary/aromatic N) is 3. The van der Waals surface area contributed by atoms with Gasteiger partial charge in [0.2, 0.25) is 5.88 Å². The molecule has 0 amide bonds. The summed E-state index contributed by atoms with van der Waals surface area (Å²) in [6, 6.07) is 7.23. The highest BCUT2D eigenvalue weighted by Crippen LogP contribution is 2.26. The van der Waals surface area contributed by atoms with E-state index in [4.69, 9.17) is 27.9 Å². The number of halogens is 2. The summed E-state index contributed by atoms with van der Waals surface area (Å²) >= 11 is 12.1. The summed E-state index contributed by atoms with van der Waals surface area (Å²) < 4.78 is 7.93. The van der Waals surface area contributed by atoms with Gasteiger partial charge in [-0.15, -0.1) is 0 Å². The third kappa shape index (κ3) is 3.03. The number of rotatable bonds is 5. The van der Waals surface area contributed by atoms with Crippen LogP contribution in [0.5, 0.6) is 5.88 Å². The first-order valence-electron chi connectivity index (χ1n) is 7.05. The number of aryl methyl sites for hydroxylation is 1. The summed E-state index contributed by atoms with van der Waals surface area (Å²) in [5, 5.41) is 1.19. The maximum Gasteiger partial charge on any atom is 0.240 e. The standard InChI is InChI=1S/C16H15Cl2N3O/c1-2-7-21-10-20-14-5-6-19-16(15(14)21)22-9-11-3-4-12(17)8-13(11)18/h3-6,8,10H,2,7,9H2,1H3. The summed E-state index contributed by atoms with van der Waals surface area (Å²) in [6.45, 7) is 3.33. The topological polar surface area (TPSA) is 39.9 Å². The molecule has 4 nitrogen and oxygen atoms in total. The molecule has 0 aliphatic carbocycles. The molecule has 0 spiro atoms. The molecule has 0 fully saturated rings. The summed E-state index contributed by atoms with van der Waals surface area (Å²) in [5.74, 6) is 0.564. The molecule has 0 unspecified atom stereocenters. The average molecular weight is 336 g/mol. The lowest BCUT2D eigenvalue weighted by Crippen LogP contribution is -2.02. The molecule has 1 aromatic carbocycles. The molecule has 0 saturated heterocycles. The van der Waals surface area contributed by atoms with E-state index in [0.717, 1.165) is 29.6 Å². The van der Waals surface area contributed by atoms with Crippen molar-refractivity contribution >= 4 is 34.2 Å². The van der Waals surface area contributed by atoms with Crippen molar-refractivity contribution in [2.24, 2.45) is 0 Å². The minimum absolute atomic E-state index is 0.333. The Morgan fingerprint density at radius 3 is 2.82 bits per heavy atom. The van der Waals surface area contributed by atoms with Crippen LogP contribution in [0.15, 0.2) is 36.8 Å². The van der Waals surface area contributed by atoms with E-state index in [2.05, 4.69) is 21.5 Å². The Morgan fingerprint density at radius 1 is 1.18 bits per heavy atom. The first-order chi connectivity index (χ1) is 10.7. The Balaban J connectivity index is 1.88. The third-order valence-corrected chi connectivity index (χ3v) is 3.92. The van der Waals surface area contributed by atoms with E-state index in [9.17, 15) is 0 Å². The SMILES string of the molecule is CCCn1cnc2ccnc(OCc3ccc(Cl)cc3Cl)c21. The normalized spacial score (nSPS) is 11.0. The molecule has 3 rings (SSSR count). The van der Waals surface area contributed by atoms with Gasteiger partial charge in [-0.25, -0.2) is 9.97 Å². The lowest BCUT2D eigenvalue weighted by molar-refractivity contribution is 0.296. The predicted molar refractivity (Wildman–Crippen MR) is 88.6 cm³/mol. The first-order valence-corrected chi connectivity index (χ1v) is 7.81. The van der Waals surface area contributed by atoms with Crippen molar-refractivity contribution < 1.29 is 4.74 Å². The number of hydrogen-bond acceptors (Lipinski definition) is 3. The molecular formula is C16H15Cl2N3O. The van der Waals surface area contributed by atoms with Crippen LogP contribution in [0.3, 0.4) is 0 Å². The summed E-state index contributed by atoms with van der Waals surface area (Å²) in [6.07, 6.45) is 4.53. The van der Waals surface area contributed by atoms with Gasteiger partial charge in [0.1, 0.15) is 12.1 Å². The van der Waals surface area contributed by atoms with Crippen LogP contribution in [-0.4, -0.2) is 14.5 Å². The Bertz CT molecular complexity index is 801. The van der Waals surface area contributed by atoms with Gasteiger partial charge in [-0.2, -0.15) is 0 Å². The van der Waals surface area contributed by atoms with Gasteiger partial charge in [-0.05, 0) is 24.6 Å². The number of imidazole rings is 1. The van der Waals surface area contributed by atoms with E-state index in [1.165, 1.54) is 0 Å². The molecule has 0 saturated carbocycles. The van der Waals surface area contributed by atoms with Crippen molar-refractivity contribution in [3.8, 4) is 5.88 Å². The highest BCUT2D eigenvalue weighted by molar-refractivity contribution is 6.35. The van der Waals surface area contributed by atoms with Crippen LogP contribution in [-0.2, 0) is 13.2 Å². The van der Waals surface area contributed by atoms with E-state index in [1.807, 2.05) is 18.5 Å². The summed E-state index contributed by atoms with van der Waals surface area (Å²) in [7, 11) is 0. The molecule has 114 valence electrons. The molecule has 0 atom stereocenters. The van der Waals surface area contributed by atoms with Crippen LogP contribution in [0.25, 0.3) is 11.0 Å². The lowest BCUT2D eigenvalue weighted by Gasteiger charge is -2.10. The second kappa shape index (κ2) is 6.55. The molecular weight excluding hydrogens is 321 g/mol. The number of fused-ring (bicyclic) bond motifs is 1. The van der Waals surface area contributed by atoms with Crippen molar-refractivity contribution in [2.45, 2.75) is 26.5 Å². The molecule has 2 aromatic heterocycles. The van der Waals surface area contributed by atoms with Crippen LogP contribution in [0.4, 0.5) is 0 Å². The molecule has 22 heavy (non-hydrogen) atoms. The van der Waals surface area contributed by atoms with E-state index < -0.39 is 0 Å². The maximum absolute atomic E-state index is 6.17. The van der Waals surface area contributed by atoms with Crippen molar-refractivity contribution in [1.82, 2.24) is 14.5 Å². The number of benzene rings is 1. The lowest BCUT2D eigenvalue weighted by atomic mass is 10.2.